The van der Waals surface area contributed by atoms with E-state index in [1.807, 2.05) is 0 Å². The number of aromatic nitrogens is 1. The highest BCUT2D eigenvalue weighted by atomic mass is 16.6. The van der Waals surface area contributed by atoms with E-state index in [2.05, 4.69) is 0 Å². The summed E-state index contributed by atoms with van der Waals surface area (Å²) in [6, 6.07) is 6.22. The monoisotopic (exact) mass is 246 g/mol. The smallest absolute Gasteiger partial charge is 0.312 e. The molecule has 2 rings (SSSR count). The van der Waals surface area contributed by atoms with Crippen LogP contribution < -0.4 is 0 Å². The van der Waals surface area contributed by atoms with E-state index in [1.165, 1.54) is 12.1 Å². The minimum atomic E-state index is -0.714. The Kier molecular flexibility index (Phi) is 2.85. The van der Waals surface area contributed by atoms with E-state index in [4.69, 9.17) is 0 Å². The molecule has 0 atom stereocenters. The first-order valence-corrected chi connectivity index (χ1v) is 5.13. The van der Waals surface area contributed by atoms with Crippen LogP contribution in [-0.2, 0) is 7.05 Å². The highest BCUT2D eigenvalue weighted by molar-refractivity contribution is 5.85. The molecule has 18 heavy (non-hydrogen) atoms. The summed E-state index contributed by atoms with van der Waals surface area (Å²) >= 11 is 0. The second-order valence-electron chi connectivity index (χ2n) is 3.81. The van der Waals surface area contributed by atoms with Gasteiger partial charge in [0.25, 0.3) is 0 Å². The molecule has 0 fully saturated rings. The summed E-state index contributed by atoms with van der Waals surface area (Å²) in [7, 11) is 1.79. The fourth-order valence-corrected chi connectivity index (χ4v) is 1.78. The van der Waals surface area contributed by atoms with Crippen LogP contribution in [0.25, 0.3) is 11.3 Å². The normalized spacial score (nSPS) is 10.3. The number of aryl methyl sites for hydroxylation is 1. The lowest BCUT2D eigenvalue weighted by molar-refractivity contribution is -0.385. The average Bonchev–Trinajstić information content (AvgIpc) is 2.75. The van der Waals surface area contributed by atoms with Gasteiger partial charge in [-0.15, -0.1) is 0 Å². The highest BCUT2D eigenvalue weighted by Crippen LogP contribution is 2.34. The summed E-state index contributed by atoms with van der Waals surface area (Å²) < 4.78 is 1.77. The van der Waals surface area contributed by atoms with Gasteiger partial charge in [0.2, 0.25) is 5.75 Å². The number of phenols is 1. The van der Waals surface area contributed by atoms with E-state index in [-0.39, 0.29) is 5.56 Å². The van der Waals surface area contributed by atoms with E-state index < -0.39 is 16.4 Å². The van der Waals surface area contributed by atoms with E-state index in [1.54, 1.807) is 29.9 Å². The Labute approximate surface area is 102 Å². The number of benzene rings is 1. The van der Waals surface area contributed by atoms with Crippen LogP contribution in [0.15, 0.2) is 30.5 Å². The molecule has 6 heteroatoms. The maximum Gasteiger partial charge on any atom is 0.312 e. The molecule has 6 nitrogen and oxygen atoms in total. The van der Waals surface area contributed by atoms with Crippen molar-refractivity contribution in [2.45, 2.75) is 0 Å². The fraction of sp³-hybridized carbons (Fsp3) is 0.0833. The molecule has 0 amide bonds. The minimum Gasteiger partial charge on any atom is -0.502 e. The molecule has 0 saturated carbocycles. The molecule has 0 aliphatic heterocycles. The van der Waals surface area contributed by atoms with Crippen LogP contribution in [0.2, 0.25) is 0 Å². The highest BCUT2D eigenvalue weighted by Gasteiger charge is 2.19. The first-order chi connectivity index (χ1) is 8.54. The zero-order valence-electron chi connectivity index (χ0n) is 9.53. The number of aromatic hydroxyl groups is 1. The number of carbonyl (C=O) groups is 1. The molecule has 0 aliphatic carbocycles. The van der Waals surface area contributed by atoms with Gasteiger partial charge in [-0.25, -0.2) is 0 Å². The van der Waals surface area contributed by atoms with Crippen molar-refractivity contribution in [3.05, 3.63) is 46.1 Å². The molecule has 1 N–H and O–H groups in total. The molecule has 1 aromatic carbocycles. The van der Waals surface area contributed by atoms with Crippen molar-refractivity contribution in [2.75, 3.05) is 0 Å². The largest absolute Gasteiger partial charge is 0.502 e. The predicted molar refractivity (Wildman–Crippen MR) is 64.6 cm³/mol. The van der Waals surface area contributed by atoms with Crippen molar-refractivity contribution >= 4 is 12.0 Å². The first kappa shape index (κ1) is 11.8. The Balaban J connectivity index is 2.70. The second-order valence-corrected chi connectivity index (χ2v) is 3.81. The molecule has 0 spiro atoms. The molecule has 1 aromatic heterocycles. The van der Waals surface area contributed by atoms with Crippen molar-refractivity contribution in [3.8, 4) is 17.0 Å². The molecule has 0 unspecified atom stereocenters. The second kappa shape index (κ2) is 4.33. The minimum absolute atomic E-state index is 0.0969. The molecule has 0 saturated heterocycles. The van der Waals surface area contributed by atoms with Crippen molar-refractivity contribution < 1.29 is 14.8 Å². The van der Waals surface area contributed by atoms with E-state index in [9.17, 15) is 20.0 Å². The summed E-state index contributed by atoms with van der Waals surface area (Å²) in [4.78, 5) is 20.9. The third kappa shape index (κ3) is 1.84. The molecular formula is C12H10N2O4. The number of hydrogen-bond donors (Lipinski definition) is 1. The van der Waals surface area contributed by atoms with Gasteiger partial charge >= 0.3 is 5.69 Å². The van der Waals surface area contributed by atoms with Gasteiger partial charge in [0.15, 0.2) is 6.29 Å². The number of aldehydes is 1. The van der Waals surface area contributed by atoms with E-state index >= 15 is 0 Å². The Morgan fingerprint density at radius 1 is 1.44 bits per heavy atom. The lowest BCUT2D eigenvalue weighted by atomic mass is 10.1. The molecule has 0 aliphatic rings. The Morgan fingerprint density at radius 2 is 2.17 bits per heavy atom. The van der Waals surface area contributed by atoms with Crippen LogP contribution in [0.4, 0.5) is 5.69 Å². The Bertz CT molecular complexity index is 631. The molecule has 0 radical (unpaired) electrons. The number of phenolic OH excluding ortho intramolecular Hbond substituents is 1. The molecule has 1 heterocycles. The van der Waals surface area contributed by atoms with Crippen LogP contribution in [0.3, 0.4) is 0 Å². The van der Waals surface area contributed by atoms with Gasteiger partial charge in [-0.2, -0.15) is 0 Å². The topological polar surface area (TPSA) is 85.4 Å². The molecule has 92 valence electrons. The summed E-state index contributed by atoms with van der Waals surface area (Å²) in [6.07, 6.45) is 2.18. The standard InChI is InChI=1S/C12H10N2O4/c1-13-4-2-3-10(13)8-5-9(7-15)12(16)11(6-8)14(17)18/h2-7,16H,1H3. The first-order valence-electron chi connectivity index (χ1n) is 5.13. The van der Waals surface area contributed by atoms with Gasteiger partial charge in [0.1, 0.15) is 0 Å². The van der Waals surface area contributed by atoms with Gasteiger partial charge in [-0.05, 0) is 18.2 Å². The van der Waals surface area contributed by atoms with E-state index in [0.717, 1.165) is 5.69 Å². The van der Waals surface area contributed by atoms with Crippen LogP contribution in [-0.4, -0.2) is 20.9 Å². The summed E-state index contributed by atoms with van der Waals surface area (Å²) in [5.41, 5.74) is 0.659. The van der Waals surface area contributed by atoms with Crippen molar-refractivity contribution in [3.63, 3.8) is 0 Å². The van der Waals surface area contributed by atoms with Crippen LogP contribution in [0.1, 0.15) is 10.4 Å². The molecule has 0 bridgehead atoms. The fourth-order valence-electron chi connectivity index (χ4n) is 1.78. The van der Waals surface area contributed by atoms with Crippen molar-refractivity contribution in [1.29, 1.82) is 0 Å². The quantitative estimate of drug-likeness (QED) is 0.510. The van der Waals surface area contributed by atoms with Gasteiger partial charge in [0.05, 0.1) is 10.5 Å². The number of nitrogens with zero attached hydrogens (tertiary/aromatic N) is 2. The Hall–Kier alpha value is -2.63. The van der Waals surface area contributed by atoms with Gasteiger partial charge < -0.3 is 9.67 Å². The number of carbonyl (C=O) groups excluding carboxylic acids is 1. The predicted octanol–water partition coefficient (Wildman–Crippen LogP) is 2.12. The maximum absolute atomic E-state index is 10.8. The van der Waals surface area contributed by atoms with Crippen LogP contribution in [0.5, 0.6) is 5.75 Å². The average molecular weight is 246 g/mol. The van der Waals surface area contributed by atoms with Crippen molar-refractivity contribution in [2.24, 2.45) is 7.05 Å². The lowest BCUT2D eigenvalue weighted by Crippen LogP contribution is -1.96. The zero-order chi connectivity index (χ0) is 13.3. The maximum atomic E-state index is 10.8. The molecule has 2 aromatic rings. The van der Waals surface area contributed by atoms with Crippen molar-refractivity contribution in [1.82, 2.24) is 4.57 Å². The zero-order valence-corrected chi connectivity index (χ0v) is 9.53. The van der Waals surface area contributed by atoms with Gasteiger partial charge in [0, 0.05) is 30.6 Å². The molecular weight excluding hydrogens is 236 g/mol. The lowest BCUT2D eigenvalue weighted by Gasteiger charge is -2.06. The summed E-state index contributed by atoms with van der Waals surface area (Å²) in [5, 5.41) is 20.4. The van der Waals surface area contributed by atoms with E-state index in [0.29, 0.717) is 11.8 Å². The number of nitro benzene ring substituents is 1. The van der Waals surface area contributed by atoms with Crippen LogP contribution >= 0.6 is 0 Å². The van der Waals surface area contributed by atoms with Crippen LogP contribution in [0, 0.1) is 10.1 Å². The third-order valence-corrected chi connectivity index (χ3v) is 2.68. The van der Waals surface area contributed by atoms with Gasteiger partial charge in [-0.3, -0.25) is 14.9 Å². The number of nitro groups is 1. The Morgan fingerprint density at radius 3 is 2.67 bits per heavy atom. The summed E-state index contributed by atoms with van der Waals surface area (Å²) in [6.45, 7) is 0. The third-order valence-electron chi connectivity index (χ3n) is 2.68. The number of hydrogen-bond acceptors (Lipinski definition) is 4. The SMILES string of the molecule is Cn1cccc1-c1cc(C=O)c(O)c([N+](=O)[O-])c1. The number of rotatable bonds is 3. The summed E-state index contributed by atoms with van der Waals surface area (Å²) in [5.74, 6) is -0.604. The van der Waals surface area contributed by atoms with Gasteiger partial charge in [-0.1, -0.05) is 0 Å².